The molecule has 0 saturated carbocycles. The third kappa shape index (κ3) is 8.57. The first-order chi connectivity index (χ1) is 20.7. The standard InChI is InChI=1S/C36H38O5S/c1-3-38-35-34(40-25-30-17-11-6-12-18-30)33(39-24-29-15-9-5-10-16-29)32(26-37-23-28-13-7-4-8-14-28)41-36(35)42-31-21-19-27(2)20-22-31/h3-22,32-36H,1,23-26H2,2H3/t32-,33-,34+,35-,36+/m1/s1. The molecule has 1 heterocycles. The molecular weight excluding hydrogens is 544 g/mol. The zero-order valence-corrected chi connectivity index (χ0v) is 24.7. The van der Waals surface area contributed by atoms with E-state index in [0.29, 0.717) is 26.4 Å². The molecule has 0 amide bonds. The number of aryl methyl sites for hydroxylation is 1. The smallest absolute Gasteiger partial charge is 0.162 e. The number of rotatable bonds is 14. The normalized spacial score (nSPS) is 22.0. The van der Waals surface area contributed by atoms with Gasteiger partial charge in [-0.1, -0.05) is 127 Å². The van der Waals surface area contributed by atoms with Crippen molar-refractivity contribution in [1.29, 1.82) is 0 Å². The molecule has 0 unspecified atom stereocenters. The predicted molar refractivity (Wildman–Crippen MR) is 167 cm³/mol. The minimum Gasteiger partial charge on any atom is -0.492 e. The van der Waals surface area contributed by atoms with Gasteiger partial charge in [-0.05, 0) is 35.7 Å². The minimum absolute atomic E-state index is 0.339. The first-order valence-corrected chi connectivity index (χ1v) is 15.2. The molecule has 0 N–H and O–H groups in total. The monoisotopic (exact) mass is 582 g/mol. The number of benzene rings is 4. The highest BCUT2D eigenvalue weighted by atomic mass is 32.2. The van der Waals surface area contributed by atoms with Gasteiger partial charge in [0.25, 0.3) is 0 Å². The van der Waals surface area contributed by atoms with Crippen LogP contribution in [-0.4, -0.2) is 36.5 Å². The molecule has 4 aromatic carbocycles. The van der Waals surface area contributed by atoms with E-state index >= 15 is 0 Å². The van der Waals surface area contributed by atoms with E-state index in [9.17, 15) is 0 Å². The number of thioether (sulfide) groups is 1. The van der Waals surface area contributed by atoms with E-state index < -0.39 is 24.4 Å². The van der Waals surface area contributed by atoms with Gasteiger partial charge in [-0.15, -0.1) is 0 Å². The average Bonchev–Trinajstić information content (AvgIpc) is 3.03. The van der Waals surface area contributed by atoms with Crippen molar-refractivity contribution in [2.45, 2.75) is 61.5 Å². The van der Waals surface area contributed by atoms with Gasteiger partial charge in [0.05, 0.1) is 32.7 Å². The molecule has 1 saturated heterocycles. The van der Waals surface area contributed by atoms with Gasteiger partial charge in [0, 0.05) is 4.90 Å². The first-order valence-electron chi connectivity index (χ1n) is 14.3. The van der Waals surface area contributed by atoms with Gasteiger partial charge in [-0.25, -0.2) is 0 Å². The summed E-state index contributed by atoms with van der Waals surface area (Å²) >= 11 is 1.61. The Labute approximate surface area is 253 Å². The van der Waals surface area contributed by atoms with Crippen LogP contribution in [0.25, 0.3) is 0 Å². The molecule has 218 valence electrons. The Morgan fingerprint density at radius 1 is 0.667 bits per heavy atom. The largest absolute Gasteiger partial charge is 0.492 e. The first kappa shape index (κ1) is 30.1. The molecule has 1 fully saturated rings. The molecule has 1 aliphatic rings. The predicted octanol–water partition coefficient (Wildman–Crippen LogP) is 7.73. The molecule has 0 radical (unpaired) electrons. The average molecular weight is 583 g/mol. The summed E-state index contributed by atoms with van der Waals surface area (Å²) in [6.45, 7) is 7.59. The maximum Gasteiger partial charge on any atom is 0.162 e. The van der Waals surface area contributed by atoms with Gasteiger partial charge in [0.1, 0.15) is 23.7 Å². The van der Waals surface area contributed by atoms with Crippen LogP contribution in [0.4, 0.5) is 0 Å². The van der Waals surface area contributed by atoms with E-state index in [0.717, 1.165) is 21.6 Å². The summed E-state index contributed by atoms with van der Waals surface area (Å²) in [7, 11) is 0. The summed E-state index contributed by atoms with van der Waals surface area (Å²) in [4.78, 5) is 1.08. The van der Waals surface area contributed by atoms with Crippen molar-refractivity contribution in [2.24, 2.45) is 0 Å². The molecule has 4 aromatic rings. The van der Waals surface area contributed by atoms with Crippen LogP contribution in [0.15, 0.2) is 133 Å². The fourth-order valence-electron chi connectivity index (χ4n) is 4.91. The lowest BCUT2D eigenvalue weighted by molar-refractivity contribution is -0.244. The molecule has 42 heavy (non-hydrogen) atoms. The lowest BCUT2D eigenvalue weighted by Crippen LogP contribution is -2.60. The van der Waals surface area contributed by atoms with E-state index in [2.05, 4.69) is 74.2 Å². The Balaban J connectivity index is 1.42. The van der Waals surface area contributed by atoms with Crippen LogP contribution in [0.3, 0.4) is 0 Å². The zero-order chi connectivity index (χ0) is 29.0. The van der Waals surface area contributed by atoms with Crippen LogP contribution in [0.1, 0.15) is 22.3 Å². The van der Waals surface area contributed by atoms with Crippen LogP contribution in [0.2, 0.25) is 0 Å². The highest BCUT2D eigenvalue weighted by molar-refractivity contribution is 7.99. The fraction of sp³-hybridized carbons (Fsp3) is 0.278. The Morgan fingerprint density at radius 2 is 1.19 bits per heavy atom. The molecule has 0 aliphatic carbocycles. The Morgan fingerprint density at radius 3 is 1.74 bits per heavy atom. The second-order valence-corrected chi connectivity index (χ2v) is 11.4. The molecule has 5 nitrogen and oxygen atoms in total. The summed E-state index contributed by atoms with van der Waals surface area (Å²) in [6, 6.07) is 38.8. The lowest BCUT2D eigenvalue weighted by atomic mass is 9.99. The van der Waals surface area contributed by atoms with Gasteiger partial charge >= 0.3 is 0 Å². The molecule has 5 rings (SSSR count). The van der Waals surface area contributed by atoms with E-state index in [1.54, 1.807) is 11.8 Å². The number of hydrogen-bond donors (Lipinski definition) is 0. The molecule has 0 bridgehead atoms. The topological polar surface area (TPSA) is 46.2 Å². The van der Waals surface area contributed by atoms with Crippen molar-refractivity contribution in [3.8, 4) is 0 Å². The molecule has 6 heteroatoms. The molecule has 0 spiro atoms. The Kier molecular flexibility index (Phi) is 11.3. The van der Waals surface area contributed by atoms with Gasteiger partial charge in [-0.2, -0.15) is 0 Å². The second-order valence-electron chi connectivity index (χ2n) is 10.3. The third-order valence-corrected chi connectivity index (χ3v) is 8.24. The highest BCUT2D eigenvalue weighted by Crippen LogP contribution is 2.38. The molecule has 5 atom stereocenters. The highest BCUT2D eigenvalue weighted by Gasteiger charge is 2.49. The summed E-state index contributed by atoms with van der Waals surface area (Å²) in [5, 5.41) is 0. The van der Waals surface area contributed by atoms with E-state index in [4.69, 9.17) is 23.7 Å². The van der Waals surface area contributed by atoms with Crippen LogP contribution in [0, 0.1) is 6.92 Å². The maximum atomic E-state index is 6.77. The SMILES string of the molecule is C=CO[C@@H]1[C@@H](OCc2ccccc2)[C@H](OCc2ccccc2)[C@@H](COCc2ccccc2)O[C@H]1Sc1ccc(C)cc1. The Hall–Kier alpha value is -3.39. The van der Waals surface area contributed by atoms with E-state index in [-0.39, 0.29) is 5.44 Å². The summed E-state index contributed by atoms with van der Waals surface area (Å²) in [5.41, 5.74) is 4.07. The van der Waals surface area contributed by atoms with Crippen molar-refractivity contribution in [3.63, 3.8) is 0 Å². The van der Waals surface area contributed by atoms with E-state index in [1.807, 2.05) is 54.6 Å². The fourth-order valence-corrected chi connectivity index (χ4v) is 6.02. The van der Waals surface area contributed by atoms with Gasteiger partial charge in [-0.3, -0.25) is 0 Å². The summed E-state index contributed by atoms with van der Waals surface area (Å²) in [6.07, 6.45) is -0.302. The van der Waals surface area contributed by atoms with Crippen molar-refractivity contribution < 1.29 is 23.7 Å². The number of ether oxygens (including phenoxy) is 5. The molecule has 0 aromatic heterocycles. The van der Waals surface area contributed by atoms with Crippen molar-refractivity contribution in [1.82, 2.24) is 0 Å². The third-order valence-electron chi connectivity index (χ3n) is 7.08. The summed E-state index contributed by atoms with van der Waals surface area (Å²) in [5.74, 6) is 0. The minimum atomic E-state index is -0.469. The van der Waals surface area contributed by atoms with Crippen LogP contribution >= 0.6 is 11.8 Å². The van der Waals surface area contributed by atoms with Crippen molar-refractivity contribution >= 4 is 11.8 Å². The van der Waals surface area contributed by atoms with Gasteiger partial charge in [0.2, 0.25) is 0 Å². The number of hydrogen-bond acceptors (Lipinski definition) is 6. The van der Waals surface area contributed by atoms with Gasteiger partial charge < -0.3 is 23.7 Å². The van der Waals surface area contributed by atoms with Crippen LogP contribution < -0.4 is 0 Å². The van der Waals surface area contributed by atoms with E-state index in [1.165, 1.54) is 11.8 Å². The zero-order valence-electron chi connectivity index (χ0n) is 23.9. The van der Waals surface area contributed by atoms with Crippen molar-refractivity contribution in [2.75, 3.05) is 6.61 Å². The van der Waals surface area contributed by atoms with Crippen LogP contribution in [0.5, 0.6) is 0 Å². The molecular formula is C36H38O5S. The lowest BCUT2D eigenvalue weighted by Gasteiger charge is -2.45. The summed E-state index contributed by atoms with van der Waals surface area (Å²) < 4.78 is 32.5. The van der Waals surface area contributed by atoms with Crippen LogP contribution in [-0.2, 0) is 43.5 Å². The Bertz CT molecular complexity index is 1330. The molecule has 1 aliphatic heterocycles. The quantitative estimate of drug-likeness (QED) is 0.142. The van der Waals surface area contributed by atoms with Gasteiger partial charge in [0.15, 0.2) is 6.10 Å². The maximum absolute atomic E-state index is 6.77. The second kappa shape index (κ2) is 15.7. The van der Waals surface area contributed by atoms with Crippen molar-refractivity contribution in [3.05, 3.63) is 150 Å².